The van der Waals surface area contributed by atoms with Gasteiger partial charge in [-0.1, -0.05) is 35.3 Å². The number of hydrogen-bond acceptors (Lipinski definition) is 8. The summed E-state index contributed by atoms with van der Waals surface area (Å²) in [5, 5.41) is 18.9. The van der Waals surface area contributed by atoms with Gasteiger partial charge in [0, 0.05) is 53.7 Å². The molecule has 3 aliphatic rings. The molecule has 1 atom stereocenters. The van der Waals surface area contributed by atoms with Crippen molar-refractivity contribution in [1.29, 1.82) is 5.26 Å². The number of aromatic nitrogens is 5. The molecule has 4 amide bonds. The van der Waals surface area contributed by atoms with Gasteiger partial charge in [0.15, 0.2) is 0 Å². The van der Waals surface area contributed by atoms with Crippen molar-refractivity contribution < 1.29 is 19.2 Å². The molecule has 3 aromatic heterocycles. The summed E-state index contributed by atoms with van der Waals surface area (Å²) in [5.74, 6) is -1.38. The van der Waals surface area contributed by atoms with Crippen LogP contribution in [0.4, 0.5) is 11.6 Å². The molecule has 2 saturated carbocycles. The number of benzene rings is 2. The Morgan fingerprint density at radius 1 is 0.927 bits per heavy atom. The Morgan fingerprint density at radius 2 is 1.67 bits per heavy atom. The molecule has 5 aromatic rings. The van der Waals surface area contributed by atoms with Crippen LogP contribution in [0.25, 0.3) is 0 Å². The van der Waals surface area contributed by atoms with E-state index in [2.05, 4.69) is 37.0 Å². The van der Waals surface area contributed by atoms with Crippen molar-refractivity contribution in [3.63, 3.8) is 0 Å². The SMILES string of the molecule is C[C@@]1(Cc2ccc(C#N)cc2)C(=O)N(c2cc(Cl)cc(Cl)c2)c2ncc(C(=O)NC3(C(=O)NC4(c5cc(C(=O)NCCn6ccnc6)ccn5)CC4)CC3)n21. The van der Waals surface area contributed by atoms with Crippen LogP contribution < -0.4 is 20.9 Å². The summed E-state index contributed by atoms with van der Waals surface area (Å²) in [6.07, 6.45) is 10.3. The van der Waals surface area contributed by atoms with Crippen LogP contribution >= 0.6 is 23.2 Å². The maximum Gasteiger partial charge on any atom is 0.270 e. The van der Waals surface area contributed by atoms with E-state index in [1.54, 1.807) is 84.8 Å². The van der Waals surface area contributed by atoms with Gasteiger partial charge in [-0.2, -0.15) is 5.26 Å². The predicted molar refractivity (Wildman–Crippen MR) is 202 cm³/mol. The van der Waals surface area contributed by atoms with Crippen molar-refractivity contribution in [2.75, 3.05) is 11.4 Å². The third-order valence-corrected chi connectivity index (χ3v) is 10.9. The highest BCUT2D eigenvalue weighted by Crippen LogP contribution is 2.48. The summed E-state index contributed by atoms with van der Waals surface area (Å²) < 4.78 is 3.45. The number of nitrogens with zero attached hydrogens (tertiary/aromatic N) is 7. The quantitative estimate of drug-likeness (QED) is 0.162. The zero-order chi connectivity index (χ0) is 38.5. The van der Waals surface area contributed by atoms with E-state index in [-0.39, 0.29) is 35.8 Å². The first kappa shape index (κ1) is 36.0. The Bertz CT molecular complexity index is 2380. The molecular weight excluding hydrogens is 743 g/mol. The van der Waals surface area contributed by atoms with Crippen molar-refractivity contribution in [2.24, 2.45) is 0 Å². The number of hydrogen-bond donors (Lipinski definition) is 3. The van der Waals surface area contributed by atoms with E-state index in [4.69, 9.17) is 23.2 Å². The lowest BCUT2D eigenvalue weighted by atomic mass is 9.91. The number of nitriles is 1. The van der Waals surface area contributed by atoms with E-state index in [1.807, 2.05) is 10.8 Å². The maximum absolute atomic E-state index is 14.4. The molecule has 2 fully saturated rings. The van der Waals surface area contributed by atoms with Gasteiger partial charge in [-0.05, 0) is 80.6 Å². The molecule has 3 N–H and O–H groups in total. The van der Waals surface area contributed by atoms with E-state index >= 15 is 0 Å². The highest BCUT2D eigenvalue weighted by molar-refractivity contribution is 6.35. The van der Waals surface area contributed by atoms with Gasteiger partial charge in [-0.15, -0.1) is 0 Å². The van der Waals surface area contributed by atoms with E-state index < -0.39 is 22.5 Å². The first-order valence-corrected chi connectivity index (χ1v) is 18.4. The summed E-state index contributed by atoms with van der Waals surface area (Å²) in [6.45, 7) is 2.70. The van der Waals surface area contributed by atoms with Gasteiger partial charge in [0.25, 0.3) is 17.7 Å². The number of anilines is 2. The Hall–Kier alpha value is -6.04. The highest BCUT2D eigenvalue weighted by atomic mass is 35.5. The molecule has 0 radical (unpaired) electrons. The second kappa shape index (κ2) is 13.7. The van der Waals surface area contributed by atoms with Crippen LogP contribution in [0.15, 0.2) is 85.7 Å². The lowest BCUT2D eigenvalue weighted by Gasteiger charge is -2.27. The van der Waals surface area contributed by atoms with E-state index in [1.165, 1.54) is 11.1 Å². The van der Waals surface area contributed by atoms with Crippen LogP contribution in [0.1, 0.15) is 70.3 Å². The number of nitrogens with one attached hydrogen (secondary N) is 3. The molecular formula is C39H34Cl2N10O4. The number of carbonyl (C=O) groups is 4. The van der Waals surface area contributed by atoms with Crippen molar-refractivity contribution >= 4 is 58.5 Å². The molecule has 0 saturated heterocycles. The van der Waals surface area contributed by atoms with Gasteiger partial charge in [0.05, 0.1) is 41.1 Å². The molecule has 55 heavy (non-hydrogen) atoms. The number of fused-ring (bicyclic) bond motifs is 1. The summed E-state index contributed by atoms with van der Waals surface area (Å²) in [7, 11) is 0. The number of imidazole rings is 2. The van der Waals surface area contributed by atoms with E-state index in [0.717, 1.165) is 5.56 Å². The summed E-state index contributed by atoms with van der Waals surface area (Å²) in [6, 6.07) is 17.0. The molecule has 4 heterocycles. The van der Waals surface area contributed by atoms with Crippen LogP contribution in [0.5, 0.6) is 0 Å². The number of amides is 4. The van der Waals surface area contributed by atoms with E-state index in [0.29, 0.717) is 71.3 Å². The Morgan fingerprint density at radius 3 is 2.33 bits per heavy atom. The molecule has 0 spiro atoms. The highest BCUT2D eigenvalue weighted by Gasteiger charge is 2.57. The normalized spacial score (nSPS) is 18.6. The molecule has 14 nitrogen and oxygen atoms in total. The van der Waals surface area contributed by atoms with Crippen molar-refractivity contribution in [1.82, 2.24) is 40.0 Å². The number of rotatable bonds is 12. The topological polar surface area (TPSA) is 180 Å². The van der Waals surface area contributed by atoms with E-state index in [9.17, 15) is 24.4 Å². The smallest absolute Gasteiger partial charge is 0.270 e. The van der Waals surface area contributed by atoms with Gasteiger partial charge < -0.3 is 20.5 Å². The molecule has 16 heteroatoms. The van der Waals surface area contributed by atoms with Gasteiger partial charge in [-0.25, -0.2) is 14.9 Å². The fourth-order valence-corrected chi connectivity index (χ4v) is 7.61. The minimum absolute atomic E-state index is 0.0868. The largest absolute Gasteiger partial charge is 0.350 e. The average Bonchev–Trinajstić information content (AvgIpc) is 3.99. The summed E-state index contributed by atoms with van der Waals surface area (Å²) in [4.78, 5) is 70.0. The van der Waals surface area contributed by atoms with Crippen LogP contribution in [0, 0.1) is 11.3 Å². The molecule has 0 bridgehead atoms. The Kier molecular flexibility index (Phi) is 8.94. The Labute approximate surface area is 325 Å². The van der Waals surface area contributed by atoms with Gasteiger partial charge >= 0.3 is 0 Å². The van der Waals surface area contributed by atoms with Crippen LogP contribution in [-0.2, 0) is 33.6 Å². The fourth-order valence-electron chi connectivity index (χ4n) is 7.10. The maximum atomic E-state index is 14.4. The lowest BCUT2D eigenvalue weighted by Crippen LogP contribution is -2.52. The Balaban J connectivity index is 1.02. The fraction of sp³-hybridized carbons (Fsp3) is 0.282. The predicted octanol–water partition coefficient (Wildman–Crippen LogP) is 4.79. The number of halogens is 2. The summed E-state index contributed by atoms with van der Waals surface area (Å²) in [5.41, 5.74) is -0.627. The average molecular weight is 778 g/mol. The first-order valence-electron chi connectivity index (χ1n) is 17.7. The number of pyridine rings is 1. The third-order valence-electron chi connectivity index (χ3n) is 10.4. The van der Waals surface area contributed by atoms with Gasteiger partial charge in [0.1, 0.15) is 16.8 Å². The van der Waals surface area contributed by atoms with Crippen molar-refractivity contribution in [2.45, 2.75) is 62.2 Å². The van der Waals surface area contributed by atoms with Crippen molar-refractivity contribution in [3.05, 3.63) is 124 Å². The zero-order valence-corrected chi connectivity index (χ0v) is 31.1. The molecule has 278 valence electrons. The molecule has 2 aromatic carbocycles. The second-order valence-electron chi connectivity index (χ2n) is 14.4. The molecule has 8 rings (SSSR count). The third kappa shape index (κ3) is 6.70. The second-order valence-corrected chi connectivity index (χ2v) is 15.2. The number of carbonyl (C=O) groups excluding carboxylic acids is 4. The minimum Gasteiger partial charge on any atom is -0.350 e. The van der Waals surface area contributed by atoms with Gasteiger partial charge in [-0.3, -0.25) is 28.7 Å². The van der Waals surface area contributed by atoms with Crippen LogP contribution in [0.3, 0.4) is 0 Å². The molecule has 2 aliphatic carbocycles. The molecule has 1 aliphatic heterocycles. The monoisotopic (exact) mass is 776 g/mol. The zero-order valence-electron chi connectivity index (χ0n) is 29.6. The minimum atomic E-state index is -1.35. The molecule has 0 unspecified atom stereocenters. The van der Waals surface area contributed by atoms with Crippen LogP contribution in [0.2, 0.25) is 10.0 Å². The van der Waals surface area contributed by atoms with Crippen molar-refractivity contribution in [3.8, 4) is 6.07 Å². The van der Waals surface area contributed by atoms with Gasteiger partial charge in [0.2, 0.25) is 11.9 Å². The van der Waals surface area contributed by atoms with Crippen LogP contribution in [-0.4, -0.2) is 59.8 Å². The standard InChI is InChI=1S/C39H34Cl2N10O4/c1-37(20-24-2-4-25(21-42)5-3-24)35(55)50(29-18-27(40)17-28(41)19-29)36-46-22-30(51(36)37)33(53)47-39(9-10-39)34(54)48-38(7-8-38)31-16-26(6-11-44-31)32(52)45-13-15-49-14-12-43-23-49/h2-6,11-12,14,16-19,22-23H,7-10,13,15,20H2,1H3,(H,45,52)(H,47,53)(H,48,54)/t37-/m1/s1. The lowest BCUT2D eigenvalue weighted by molar-refractivity contribution is -0.125. The first-order chi connectivity index (χ1) is 26.4. The summed E-state index contributed by atoms with van der Waals surface area (Å²) >= 11 is 12.7.